The summed E-state index contributed by atoms with van der Waals surface area (Å²) in [6.45, 7) is 2.02. The number of rotatable bonds is 9. The Morgan fingerprint density at radius 1 is 1.11 bits per heavy atom. The molecule has 2 aliphatic heterocycles. The Kier molecular flexibility index (Phi) is 9.38. The van der Waals surface area contributed by atoms with Crippen molar-refractivity contribution in [1.82, 2.24) is 24.3 Å². The van der Waals surface area contributed by atoms with Crippen LogP contribution in [0.3, 0.4) is 0 Å². The zero-order chi connectivity index (χ0) is 31.8. The molecule has 1 amide bonds. The van der Waals surface area contributed by atoms with Crippen LogP contribution in [0.2, 0.25) is 5.02 Å². The lowest BCUT2D eigenvalue weighted by molar-refractivity contribution is -0.138. The number of alkyl halides is 3. The van der Waals surface area contributed by atoms with E-state index in [1.807, 2.05) is 0 Å². The number of amides is 1. The number of hydrogen-bond acceptors (Lipinski definition) is 6. The molecule has 238 valence electrons. The molecule has 1 aromatic heterocycles. The van der Waals surface area contributed by atoms with Crippen LogP contribution in [0, 0.1) is 5.82 Å². The van der Waals surface area contributed by atoms with Gasteiger partial charge in [-0.15, -0.1) is 0 Å². The second kappa shape index (κ2) is 12.8. The van der Waals surface area contributed by atoms with Gasteiger partial charge in [-0.2, -0.15) is 22.6 Å². The highest BCUT2D eigenvalue weighted by molar-refractivity contribution is 7.88. The van der Waals surface area contributed by atoms with Crippen molar-refractivity contribution in [2.75, 3.05) is 32.4 Å². The van der Waals surface area contributed by atoms with E-state index in [2.05, 4.69) is 15.3 Å². The van der Waals surface area contributed by atoms with Crippen LogP contribution in [0.1, 0.15) is 45.6 Å². The molecule has 2 aromatic carbocycles. The highest BCUT2D eigenvalue weighted by Crippen LogP contribution is 2.37. The third-order valence-electron chi connectivity index (χ3n) is 7.92. The number of likely N-dealkylation sites (tertiary alicyclic amines) is 1. The van der Waals surface area contributed by atoms with E-state index in [9.17, 15) is 35.9 Å². The first kappa shape index (κ1) is 32.4. The Hall–Kier alpha value is -3.04. The number of fused-ring (bicyclic) bond motifs is 1. The Bertz CT molecular complexity index is 1660. The minimum atomic E-state index is -4.74. The zero-order valence-corrected chi connectivity index (χ0v) is 25.4. The molecule has 0 radical (unpaired) electrons. The molecule has 2 N–H and O–H groups in total. The smallest absolute Gasteiger partial charge is 0.390 e. The first-order valence-electron chi connectivity index (χ1n) is 14.1. The van der Waals surface area contributed by atoms with Crippen molar-refractivity contribution in [2.45, 2.75) is 51.2 Å². The third kappa shape index (κ3) is 7.26. The largest absolute Gasteiger partial charge is 0.416 e. The molecule has 1 fully saturated rings. The van der Waals surface area contributed by atoms with Gasteiger partial charge in [-0.3, -0.25) is 9.48 Å². The van der Waals surface area contributed by atoms with E-state index < -0.39 is 46.1 Å². The maximum Gasteiger partial charge on any atom is 0.416 e. The Balaban J connectivity index is 1.49. The highest BCUT2D eigenvalue weighted by atomic mass is 35.5. The number of β-amino-alcohol motifs (C(OH)–C–C–N with tert-alkyl or cyclic N) is 1. The molecule has 5 rings (SSSR count). The van der Waals surface area contributed by atoms with Gasteiger partial charge in [-0.1, -0.05) is 17.7 Å². The van der Waals surface area contributed by atoms with E-state index in [1.165, 1.54) is 16.4 Å². The molecule has 9 nitrogen and oxygen atoms in total. The van der Waals surface area contributed by atoms with Gasteiger partial charge in [0.15, 0.2) is 0 Å². The number of nitrogens with zero attached hydrogens (tertiary/aromatic N) is 4. The monoisotopic (exact) mass is 657 g/mol. The van der Waals surface area contributed by atoms with E-state index in [-0.39, 0.29) is 35.8 Å². The Morgan fingerprint density at radius 2 is 1.84 bits per heavy atom. The fourth-order valence-electron chi connectivity index (χ4n) is 5.76. The summed E-state index contributed by atoms with van der Waals surface area (Å²) < 4.78 is 83.1. The minimum Gasteiger partial charge on any atom is -0.390 e. The summed E-state index contributed by atoms with van der Waals surface area (Å²) in [6, 6.07) is 6.51. The molecule has 0 aliphatic carbocycles. The van der Waals surface area contributed by atoms with Gasteiger partial charge in [-0.05, 0) is 61.8 Å². The van der Waals surface area contributed by atoms with Crippen LogP contribution in [0.25, 0.3) is 11.3 Å². The van der Waals surface area contributed by atoms with Gasteiger partial charge >= 0.3 is 6.18 Å². The Labute approximate surface area is 257 Å². The predicted molar refractivity (Wildman–Crippen MR) is 156 cm³/mol. The van der Waals surface area contributed by atoms with Gasteiger partial charge in [0.2, 0.25) is 10.0 Å². The van der Waals surface area contributed by atoms with Crippen LogP contribution in [-0.2, 0) is 42.3 Å². The molecule has 0 saturated carbocycles. The van der Waals surface area contributed by atoms with Crippen molar-refractivity contribution in [1.29, 1.82) is 0 Å². The number of carbonyl (C=O) groups is 1. The number of aromatic nitrogens is 2. The van der Waals surface area contributed by atoms with Crippen molar-refractivity contribution in [3.05, 3.63) is 75.2 Å². The Morgan fingerprint density at radius 3 is 2.50 bits per heavy atom. The van der Waals surface area contributed by atoms with Crippen LogP contribution in [0.15, 0.2) is 36.4 Å². The molecule has 2 aliphatic rings. The first-order valence-corrected chi connectivity index (χ1v) is 16.3. The first-order chi connectivity index (χ1) is 20.7. The van der Waals surface area contributed by atoms with E-state index in [0.29, 0.717) is 35.5 Å². The van der Waals surface area contributed by atoms with E-state index in [4.69, 9.17) is 11.6 Å². The van der Waals surface area contributed by atoms with Crippen LogP contribution < -0.4 is 5.32 Å². The number of benzene rings is 2. The zero-order valence-electron chi connectivity index (χ0n) is 23.9. The number of hydrogen-bond donors (Lipinski definition) is 2. The molecule has 3 aromatic rings. The van der Waals surface area contributed by atoms with Crippen LogP contribution in [0.5, 0.6) is 0 Å². The molecule has 15 heteroatoms. The van der Waals surface area contributed by atoms with Crippen molar-refractivity contribution in [2.24, 2.45) is 0 Å². The van der Waals surface area contributed by atoms with Crippen molar-refractivity contribution in [3.63, 3.8) is 0 Å². The summed E-state index contributed by atoms with van der Waals surface area (Å²) in [5.41, 5.74) is 0.516. The standard InChI is InChI=1S/C29H32ClF4N5O4S/c1-44(42,43)38-11-8-26-23(17-38)27(36-39(26)16-21(40)15-37-9-2-3-10-37)18-4-7-24(29(32,33)34)19(12-18)14-35-28(41)22-6-5-20(31)13-25(22)30/h4-7,12-13,21,40H,2-3,8-11,14-17H2,1H3,(H,35,41). The SMILES string of the molecule is CS(=O)(=O)N1CCc2c(c(-c3ccc(C(F)(F)F)c(CNC(=O)c4ccc(F)cc4Cl)c3)nn2CC(O)CN2CCCC2)C1. The van der Waals surface area contributed by atoms with E-state index >= 15 is 0 Å². The summed E-state index contributed by atoms with van der Waals surface area (Å²) in [5, 5.41) is 17.8. The molecule has 1 saturated heterocycles. The fraction of sp³-hybridized carbons (Fsp3) is 0.448. The fourth-order valence-corrected chi connectivity index (χ4v) is 6.80. The predicted octanol–water partition coefficient (Wildman–Crippen LogP) is 4.07. The van der Waals surface area contributed by atoms with Crippen molar-refractivity contribution in [3.8, 4) is 11.3 Å². The molecule has 0 bridgehead atoms. The average molecular weight is 658 g/mol. The lowest BCUT2D eigenvalue weighted by Crippen LogP contribution is -2.37. The van der Waals surface area contributed by atoms with Gasteiger partial charge in [0.25, 0.3) is 5.91 Å². The molecular weight excluding hydrogens is 626 g/mol. The molecule has 0 spiro atoms. The van der Waals surface area contributed by atoms with Crippen LogP contribution >= 0.6 is 11.6 Å². The second-order valence-electron chi connectivity index (χ2n) is 11.1. The molecule has 1 atom stereocenters. The topological polar surface area (TPSA) is 108 Å². The normalized spacial score (nSPS) is 17.1. The van der Waals surface area contributed by atoms with Gasteiger partial charge in [-0.25, -0.2) is 12.8 Å². The number of nitrogens with one attached hydrogen (secondary N) is 1. The average Bonchev–Trinajstić information content (AvgIpc) is 3.58. The summed E-state index contributed by atoms with van der Waals surface area (Å²) in [7, 11) is -3.57. The minimum absolute atomic E-state index is 0.0259. The maximum absolute atomic E-state index is 14.0. The number of carbonyl (C=O) groups excluding carboxylic acids is 1. The number of halogens is 5. The second-order valence-corrected chi connectivity index (χ2v) is 13.5. The molecular formula is C29H32ClF4N5O4S. The maximum atomic E-state index is 14.0. The van der Waals surface area contributed by atoms with Crippen LogP contribution in [0.4, 0.5) is 17.6 Å². The van der Waals surface area contributed by atoms with E-state index in [0.717, 1.165) is 56.5 Å². The van der Waals surface area contributed by atoms with Gasteiger partial charge in [0, 0.05) is 49.4 Å². The molecule has 1 unspecified atom stereocenters. The van der Waals surface area contributed by atoms with E-state index in [1.54, 1.807) is 4.68 Å². The summed E-state index contributed by atoms with van der Waals surface area (Å²) in [6.07, 6.45) is -1.97. The summed E-state index contributed by atoms with van der Waals surface area (Å²) in [4.78, 5) is 14.9. The number of sulfonamides is 1. The summed E-state index contributed by atoms with van der Waals surface area (Å²) >= 11 is 5.95. The highest BCUT2D eigenvalue weighted by Gasteiger charge is 2.35. The summed E-state index contributed by atoms with van der Waals surface area (Å²) in [5.74, 6) is -1.45. The lowest BCUT2D eigenvalue weighted by atomic mass is 9.97. The van der Waals surface area contributed by atoms with Gasteiger partial charge < -0.3 is 15.3 Å². The van der Waals surface area contributed by atoms with Crippen LogP contribution in [-0.4, -0.2) is 77.0 Å². The lowest BCUT2D eigenvalue weighted by Gasteiger charge is -2.26. The quantitative estimate of drug-likeness (QED) is 0.336. The van der Waals surface area contributed by atoms with Gasteiger partial charge in [0.05, 0.1) is 40.7 Å². The number of aliphatic hydroxyl groups is 1. The molecule has 44 heavy (non-hydrogen) atoms. The third-order valence-corrected chi connectivity index (χ3v) is 9.48. The van der Waals surface area contributed by atoms with Crippen molar-refractivity contribution < 1.29 is 35.9 Å². The van der Waals surface area contributed by atoms with Gasteiger partial charge in [0.1, 0.15) is 5.82 Å². The number of aliphatic hydroxyl groups excluding tert-OH is 1. The molecule has 3 heterocycles. The van der Waals surface area contributed by atoms with Crippen molar-refractivity contribution >= 4 is 27.5 Å².